The van der Waals surface area contributed by atoms with Crippen LogP contribution in [0.3, 0.4) is 0 Å². The van der Waals surface area contributed by atoms with Gasteiger partial charge in [-0.25, -0.2) is 0 Å². The molecule has 0 saturated carbocycles. The zero-order valence-corrected chi connectivity index (χ0v) is 14.7. The van der Waals surface area contributed by atoms with Gasteiger partial charge in [0.05, 0.1) is 18.3 Å². The lowest BCUT2D eigenvalue weighted by molar-refractivity contribution is -0.139. The van der Waals surface area contributed by atoms with Gasteiger partial charge in [0.2, 0.25) is 29.3 Å². The van der Waals surface area contributed by atoms with E-state index in [1.807, 2.05) is 0 Å². The molecule has 0 unspecified atom stereocenters. The van der Waals surface area contributed by atoms with Crippen LogP contribution in [0.2, 0.25) is 0 Å². The topological polar surface area (TPSA) is 199 Å². The number of rotatable bonds is 12. The van der Waals surface area contributed by atoms with E-state index in [0.29, 0.717) is 0 Å². The van der Waals surface area contributed by atoms with Gasteiger partial charge in [0.25, 0.3) is 0 Å². The van der Waals surface area contributed by atoms with Crippen LogP contribution >= 0.6 is 11.6 Å². The van der Waals surface area contributed by atoms with Crippen LogP contribution in [0.25, 0.3) is 0 Å². The maximum atomic E-state index is 12.3. The Bertz CT molecular complexity index is 594. The van der Waals surface area contributed by atoms with Crippen molar-refractivity contribution in [3.8, 4) is 0 Å². The molecule has 26 heavy (non-hydrogen) atoms. The Hall–Kier alpha value is -2.53. The molecule has 3 atom stereocenters. The summed E-state index contributed by atoms with van der Waals surface area (Å²) >= 11 is 5.28. The minimum absolute atomic E-state index is 0.305. The van der Waals surface area contributed by atoms with Crippen LogP contribution in [0.5, 0.6) is 0 Å². The number of carbonyl (C=O) groups excluding carboxylic acids is 5. The smallest absolute Gasteiger partial charge is 0.303 e. The van der Waals surface area contributed by atoms with Crippen LogP contribution in [0.1, 0.15) is 26.2 Å². The van der Waals surface area contributed by atoms with Gasteiger partial charge in [0, 0.05) is 6.42 Å². The Kier molecular flexibility index (Phi) is 10.1. The number of ketones is 2. The molecule has 0 aromatic rings. The Balaban J connectivity index is 5.31. The molecule has 3 amide bonds. The fourth-order valence-electron chi connectivity index (χ4n) is 1.78. The second kappa shape index (κ2) is 11.2. The minimum atomic E-state index is -1.58. The van der Waals surface area contributed by atoms with E-state index in [-0.39, 0.29) is 6.42 Å². The third-order valence-corrected chi connectivity index (χ3v) is 3.37. The zero-order chi connectivity index (χ0) is 20.4. The van der Waals surface area contributed by atoms with E-state index >= 15 is 0 Å². The number of hydrogen-bond acceptors (Lipinski definition) is 7. The van der Waals surface area contributed by atoms with Gasteiger partial charge in [0.15, 0.2) is 0 Å². The van der Waals surface area contributed by atoms with E-state index in [1.165, 1.54) is 6.92 Å². The molecule has 0 bridgehead atoms. The number of Topliss-reactive ketones (excluding diaryl/α,β-unsaturated/α-hetero) is 2. The van der Waals surface area contributed by atoms with Gasteiger partial charge >= 0.3 is 5.97 Å². The van der Waals surface area contributed by atoms with Gasteiger partial charge in [-0.15, -0.1) is 11.6 Å². The summed E-state index contributed by atoms with van der Waals surface area (Å²) in [5, 5.41) is 13.1. The van der Waals surface area contributed by atoms with E-state index < -0.39 is 72.1 Å². The fraction of sp³-hybridized carbons (Fsp3) is 0.571. The SMILES string of the molecule is C[C@H](N)C(=O)N[C@@H](CCC(=O)O)C(=O)N[C@@H](CC(N)=O)C(=O)C(=O)CCl. The predicted molar refractivity (Wildman–Crippen MR) is 88.9 cm³/mol. The van der Waals surface area contributed by atoms with Crippen molar-refractivity contribution in [3.63, 3.8) is 0 Å². The molecular formula is C14H21ClN4O7. The van der Waals surface area contributed by atoms with Crippen molar-refractivity contribution in [2.75, 3.05) is 5.88 Å². The molecular weight excluding hydrogens is 372 g/mol. The Labute approximate surface area is 153 Å². The molecule has 0 saturated heterocycles. The van der Waals surface area contributed by atoms with Crippen LogP contribution in [-0.4, -0.2) is 64.4 Å². The number of hydrogen-bond donors (Lipinski definition) is 5. The molecule has 0 aromatic carbocycles. The lowest BCUT2D eigenvalue weighted by Crippen LogP contribution is -2.55. The van der Waals surface area contributed by atoms with Crippen LogP contribution in [0, 0.1) is 0 Å². The number of nitrogens with two attached hydrogens (primary N) is 2. The highest BCUT2D eigenvalue weighted by atomic mass is 35.5. The van der Waals surface area contributed by atoms with E-state index in [4.69, 9.17) is 28.2 Å². The molecule has 0 spiro atoms. The molecule has 146 valence electrons. The molecule has 0 heterocycles. The van der Waals surface area contributed by atoms with E-state index in [0.717, 1.165) is 0 Å². The Morgan fingerprint density at radius 3 is 2.00 bits per heavy atom. The molecule has 7 N–H and O–H groups in total. The highest BCUT2D eigenvalue weighted by molar-refractivity contribution is 6.48. The molecule has 0 radical (unpaired) electrons. The fourth-order valence-corrected chi connectivity index (χ4v) is 1.91. The molecule has 0 aromatic heterocycles. The number of amides is 3. The summed E-state index contributed by atoms with van der Waals surface area (Å²) in [7, 11) is 0. The monoisotopic (exact) mass is 392 g/mol. The maximum Gasteiger partial charge on any atom is 0.303 e. The van der Waals surface area contributed by atoms with Crippen molar-refractivity contribution >= 4 is 46.9 Å². The number of primary amides is 1. The summed E-state index contributed by atoms with van der Waals surface area (Å²) in [6.07, 6.45) is -1.44. The van der Waals surface area contributed by atoms with Gasteiger partial charge in [-0.05, 0) is 13.3 Å². The number of carboxylic acids is 1. The van der Waals surface area contributed by atoms with Crippen molar-refractivity contribution in [2.24, 2.45) is 11.5 Å². The lowest BCUT2D eigenvalue weighted by atomic mass is 10.0. The van der Waals surface area contributed by atoms with Gasteiger partial charge in [-0.2, -0.15) is 0 Å². The number of carbonyl (C=O) groups is 6. The first kappa shape index (κ1) is 23.5. The number of nitrogens with one attached hydrogen (secondary N) is 2. The van der Waals surface area contributed by atoms with E-state index in [9.17, 15) is 28.8 Å². The van der Waals surface area contributed by atoms with Crippen molar-refractivity contribution in [2.45, 2.75) is 44.3 Å². The molecule has 11 nitrogen and oxygen atoms in total. The highest BCUT2D eigenvalue weighted by Crippen LogP contribution is 2.03. The Morgan fingerprint density at radius 1 is 1.04 bits per heavy atom. The quantitative estimate of drug-likeness (QED) is 0.176. The van der Waals surface area contributed by atoms with Crippen molar-refractivity contribution in [1.29, 1.82) is 0 Å². The van der Waals surface area contributed by atoms with Crippen LogP contribution in [0.15, 0.2) is 0 Å². The normalized spacial score (nSPS) is 13.8. The van der Waals surface area contributed by atoms with Crippen molar-refractivity contribution in [3.05, 3.63) is 0 Å². The highest BCUT2D eigenvalue weighted by Gasteiger charge is 2.31. The van der Waals surface area contributed by atoms with Gasteiger partial charge in [-0.1, -0.05) is 0 Å². The first-order chi connectivity index (χ1) is 12.0. The summed E-state index contributed by atoms with van der Waals surface area (Å²) in [5.74, 6) is -6.73. The van der Waals surface area contributed by atoms with Crippen molar-refractivity contribution in [1.82, 2.24) is 10.6 Å². The van der Waals surface area contributed by atoms with Crippen molar-refractivity contribution < 1.29 is 33.9 Å². The summed E-state index contributed by atoms with van der Waals surface area (Å²) < 4.78 is 0. The number of aliphatic carboxylic acids is 1. The molecule has 0 rings (SSSR count). The first-order valence-corrected chi connectivity index (χ1v) is 8.02. The molecule has 0 aliphatic rings. The van der Waals surface area contributed by atoms with Crippen LogP contribution < -0.4 is 22.1 Å². The average molecular weight is 393 g/mol. The van der Waals surface area contributed by atoms with E-state index in [2.05, 4.69) is 10.6 Å². The molecule has 0 aliphatic heterocycles. The number of halogens is 1. The van der Waals surface area contributed by atoms with Crippen LogP contribution in [-0.2, 0) is 28.8 Å². The van der Waals surface area contributed by atoms with Gasteiger partial charge < -0.3 is 27.2 Å². The standard InChI is InChI=1S/C14H21ClN4O7/c1-6(16)13(25)18-7(2-3-11(22)23)14(26)19-8(4-10(17)21)12(24)9(20)5-15/h6-8H,2-5,16H2,1H3,(H2,17,21)(H,18,25)(H,19,26)(H,22,23)/t6-,7-,8-/m0/s1. The Morgan fingerprint density at radius 2 is 1.58 bits per heavy atom. The largest absolute Gasteiger partial charge is 0.481 e. The average Bonchev–Trinajstić information content (AvgIpc) is 2.55. The summed E-state index contributed by atoms with van der Waals surface area (Å²) in [6, 6.07) is -3.90. The molecule has 0 aliphatic carbocycles. The molecule has 12 heteroatoms. The summed E-state index contributed by atoms with van der Waals surface area (Å²) in [4.78, 5) is 69.1. The van der Waals surface area contributed by atoms with Crippen LogP contribution in [0.4, 0.5) is 0 Å². The summed E-state index contributed by atoms with van der Waals surface area (Å²) in [6.45, 7) is 1.35. The van der Waals surface area contributed by atoms with Gasteiger partial charge in [0.1, 0.15) is 12.1 Å². The number of alkyl halides is 1. The number of carboxylic acid groups (broad SMARTS) is 1. The van der Waals surface area contributed by atoms with Gasteiger partial charge in [-0.3, -0.25) is 28.8 Å². The first-order valence-electron chi connectivity index (χ1n) is 7.49. The lowest BCUT2D eigenvalue weighted by Gasteiger charge is -2.22. The second-order valence-electron chi connectivity index (χ2n) is 5.43. The molecule has 0 fully saturated rings. The third kappa shape index (κ3) is 8.53. The second-order valence-corrected chi connectivity index (χ2v) is 5.70. The maximum absolute atomic E-state index is 12.3. The predicted octanol–water partition coefficient (Wildman–Crippen LogP) is -2.58. The third-order valence-electron chi connectivity index (χ3n) is 3.13. The van der Waals surface area contributed by atoms with E-state index in [1.54, 1.807) is 0 Å². The zero-order valence-electron chi connectivity index (χ0n) is 14.0. The summed E-state index contributed by atoms with van der Waals surface area (Å²) in [5.41, 5.74) is 10.4. The minimum Gasteiger partial charge on any atom is -0.481 e.